The number of ether oxygens (including phenoxy) is 1. The van der Waals surface area contributed by atoms with E-state index in [4.69, 9.17) is 10.5 Å². The van der Waals surface area contributed by atoms with E-state index in [0.717, 1.165) is 13.2 Å². The van der Waals surface area contributed by atoms with Gasteiger partial charge in [0.25, 0.3) is 0 Å². The lowest BCUT2D eigenvalue weighted by atomic mass is 9.85. The maximum Gasteiger partial charge on any atom is 0.0795 e. The average molecular weight is 284 g/mol. The van der Waals surface area contributed by atoms with Gasteiger partial charge >= 0.3 is 0 Å². The highest BCUT2D eigenvalue weighted by atomic mass is 32.2. The average Bonchev–Trinajstić information content (AvgIpc) is 2.86. The van der Waals surface area contributed by atoms with Crippen molar-refractivity contribution in [3.8, 4) is 0 Å². The molecule has 4 heteroatoms. The second-order valence-electron chi connectivity index (χ2n) is 6.60. The third kappa shape index (κ3) is 2.82. The number of nitrogens with zero attached hydrogens (tertiary/aromatic N) is 1. The molecule has 3 rings (SSSR count). The van der Waals surface area contributed by atoms with Crippen LogP contribution in [0.3, 0.4) is 0 Å². The molecule has 3 fully saturated rings. The predicted octanol–water partition coefficient (Wildman–Crippen LogP) is 2.24. The molecule has 110 valence electrons. The molecule has 0 aromatic carbocycles. The second kappa shape index (κ2) is 5.92. The molecule has 0 radical (unpaired) electrons. The summed E-state index contributed by atoms with van der Waals surface area (Å²) in [6.45, 7) is 4.17. The quantitative estimate of drug-likeness (QED) is 0.844. The van der Waals surface area contributed by atoms with Crippen LogP contribution in [-0.2, 0) is 4.74 Å². The molecular weight excluding hydrogens is 256 g/mol. The molecule has 3 aliphatic heterocycles. The lowest BCUT2D eigenvalue weighted by molar-refractivity contribution is -0.106. The van der Waals surface area contributed by atoms with Crippen LogP contribution in [0.4, 0.5) is 0 Å². The lowest BCUT2D eigenvalue weighted by Gasteiger charge is -2.49. The van der Waals surface area contributed by atoms with E-state index >= 15 is 0 Å². The van der Waals surface area contributed by atoms with Crippen LogP contribution < -0.4 is 5.73 Å². The highest BCUT2D eigenvalue weighted by Crippen LogP contribution is 2.41. The maximum absolute atomic E-state index is 6.17. The van der Waals surface area contributed by atoms with Crippen LogP contribution in [0.2, 0.25) is 0 Å². The lowest BCUT2D eigenvalue weighted by Crippen LogP contribution is -2.58. The molecule has 1 spiro atoms. The summed E-state index contributed by atoms with van der Waals surface area (Å²) in [5.74, 6) is 2.49. The van der Waals surface area contributed by atoms with Crippen molar-refractivity contribution in [3.63, 3.8) is 0 Å². The zero-order valence-corrected chi connectivity index (χ0v) is 13.0. The summed E-state index contributed by atoms with van der Waals surface area (Å²) in [5.41, 5.74) is 6.23. The van der Waals surface area contributed by atoms with Crippen molar-refractivity contribution in [2.75, 3.05) is 24.7 Å². The monoisotopic (exact) mass is 284 g/mol. The normalized spacial score (nSPS) is 44.8. The Hall–Kier alpha value is 0.230. The molecule has 19 heavy (non-hydrogen) atoms. The van der Waals surface area contributed by atoms with E-state index in [1.165, 1.54) is 50.0 Å². The van der Waals surface area contributed by atoms with Gasteiger partial charge in [-0.25, -0.2) is 0 Å². The molecule has 4 atom stereocenters. The first kappa shape index (κ1) is 14.2. The first-order valence-corrected chi connectivity index (χ1v) is 9.09. The maximum atomic E-state index is 6.17. The first-order chi connectivity index (χ1) is 9.24. The van der Waals surface area contributed by atoms with Crippen molar-refractivity contribution < 1.29 is 4.74 Å². The van der Waals surface area contributed by atoms with Crippen LogP contribution in [0.1, 0.15) is 45.4 Å². The smallest absolute Gasteiger partial charge is 0.0795 e. The molecule has 3 aliphatic rings. The van der Waals surface area contributed by atoms with Crippen LogP contribution >= 0.6 is 11.8 Å². The zero-order valence-electron chi connectivity index (χ0n) is 12.1. The summed E-state index contributed by atoms with van der Waals surface area (Å²) in [6.07, 6.45) is 7.68. The molecule has 0 aromatic rings. The summed E-state index contributed by atoms with van der Waals surface area (Å²) >= 11 is 2.07. The van der Waals surface area contributed by atoms with Gasteiger partial charge in [0.05, 0.1) is 5.60 Å². The van der Waals surface area contributed by atoms with Crippen molar-refractivity contribution in [3.05, 3.63) is 0 Å². The number of hydrogen-bond acceptors (Lipinski definition) is 4. The Bertz CT molecular complexity index is 307. The molecule has 0 aliphatic carbocycles. The van der Waals surface area contributed by atoms with E-state index in [1.807, 2.05) is 0 Å². The van der Waals surface area contributed by atoms with Gasteiger partial charge in [-0.05, 0) is 44.8 Å². The Kier molecular flexibility index (Phi) is 4.42. The van der Waals surface area contributed by atoms with Gasteiger partial charge in [-0.1, -0.05) is 6.42 Å². The number of thioether (sulfide) groups is 1. The fraction of sp³-hybridized carbons (Fsp3) is 1.00. The molecule has 4 unspecified atom stereocenters. The van der Waals surface area contributed by atoms with Gasteiger partial charge in [-0.15, -0.1) is 0 Å². The minimum absolute atomic E-state index is 0.198. The van der Waals surface area contributed by atoms with Gasteiger partial charge in [0.2, 0.25) is 0 Å². The van der Waals surface area contributed by atoms with Gasteiger partial charge in [-0.2, -0.15) is 11.8 Å². The van der Waals surface area contributed by atoms with E-state index < -0.39 is 0 Å². The summed E-state index contributed by atoms with van der Waals surface area (Å²) in [6, 6.07) is 2.02. The van der Waals surface area contributed by atoms with Crippen molar-refractivity contribution in [2.24, 2.45) is 5.73 Å². The minimum Gasteiger partial charge on any atom is -0.374 e. The highest BCUT2D eigenvalue weighted by Gasteiger charge is 2.44. The Morgan fingerprint density at radius 1 is 1.37 bits per heavy atom. The molecule has 0 amide bonds. The van der Waals surface area contributed by atoms with Crippen LogP contribution in [0.5, 0.6) is 0 Å². The van der Waals surface area contributed by atoms with Gasteiger partial charge in [0.1, 0.15) is 0 Å². The van der Waals surface area contributed by atoms with Gasteiger partial charge < -0.3 is 10.5 Å². The summed E-state index contributed by atoms with van der Waals surface area (Å²) < 4.78 is 6.17. The third-order valence-electron chi connectivity index (χ3n) is 5.32. The summed E-state index contributed by atoms with van der Waals surface area (Å²) in [7, 11) is 0. The molecule has 3 saturated heterocycles. The Morgan fingerprint density at radius 3 is 3.00 bits per heavy atom. The van der Waals surface area contributed by atoms with Gasteiger partial charge in [0, 0.05) is 37.0 Å². The zero-order chi connectivity index (χ0) is 13.3. The number of likely N-dealkylation sites (tertiary alicyclic amines) is 1. The van der Waals surface area contributed by atoms with Crippen LogP contribution in [0.15, 0.2) is 0 Å². The molecule has 0 aromatic heterocycles. The van der Waals surface area contributed by atoms with Crippen molar-refractivity contribution in [1.82, 2.24) is 4.90 Å². The molecule has 0 bridgehead atoms. The highest BCUT2D eigenvalue weighted by molar-refractivity contribution is 7.99. The predicted molar refractivity (Wildman–Crippen MR) is 81.6 cm³/mol. The van der Waals surface area contributed by atoms with E-state index in [9.17, 15) is 0 Å². The number of nitrogens with two attached hydrogens (primary N) is 1. The van der Waals surface area contributed by atoms with E-state index in [0.29, 0.717) is 18.1 Å². The topological polar surface area (TPSA) is 38.5 Å². The van der Waals surface area contributed by atoms with Gasteiger partial charge in [0.15, 0.2) is 0 Å². The molecular formula is C15H28N2OS. The van der Waals surface area contributed by atoms with Crippen LogP contribution in [0, 0.1) is 0 Å². The Balaban J connectivity index is 1.72. The standard InChI is InChI=1S/C15H28N2OS/c1-12-3-2-4-14(10-16)17(12)13-5-7-18-15(9-13)6-8-19-11-15/h12-14H,2-11,16H2,1H3. The largest absolute Gasteiger partial charge is 0.374 e. The number of hydrogen-bond donors (Lipinski definition) is 1. The van der Waals surface area contributed by atoms with Crippen LogP contribution in [0.25, 0.3) is 0 Å². The molecule has 3 heterocycles. The van der Waals surface area contributed by atoms with Gasteiger partial charge in [-0.3, -0.25) is 4.90 Å². The van der Waals surface area contributed by atoms with Crippen molar-refractivity contribution >= 4 is 11.8 Å². The van der Waals surface area contributed by atoms with E-state index in [1.54, 1.807) is 0 Å². The second-order valence-corrected chi connectivity index (χ2v) is 7.70. The summed E-state index contributed by atoms with van der Waals surface area (Å²) in [5, 5.41) is 0. The molecule has 0 saturated carbocycles. The number of piperidine rings is 1. The van der Waals surface area contributed by atoms with Crippen molar-refractivity contribution in [1.29, 1.82) is 0 Å². The Labute approximate surface area is 121 Å². The Morgan fingerprint density at radius 2 is 2.26 bits per heavy atom. The van der Waals surface area contributed by atoms with Crippen LogP contribution in [-0.4, -0.2) is 53.3 Å². The fourth-order valence-electron chi connectivity index (χ4n) is 4.32. The first-order valence-electron chi connectivity index (χ1n) is 7.93. The number of rotatable bonds is 2. The fourth-order valence-corrected chi connectivity index (χ4v) is 5.70. The summed E-state index contributed by atoms with van der Waals surface area (Å²) in [4.78, 5) is 2.76. The van der Waals surface area contributed by atoms with Crippen molar-refractivity contribution in [2.45, 2.75) is 69.2 Å². The van der Waals surface area contributed by atoms with E-state index in [-0.39, 0.29) is 5.60 Å². The molecule has 3 nitrogen and oxygen atoms in total. The molecule has 2 N–H and O–H groups in total. The third-order valence-corrected chi connectivity index (χ3v) is 6.54. The van der Waals surface area contributed by atoms with E-state index in [2.05, 4.69) is 23.6 Å². The SMILES string of the molecule is CC1CCCC(CN)N1C1CCOC2(CCSC2)C1. The minimum atomic E-state index is 0.198.